The Kier molecular flexibility index (Phi) is 2.10. The van der Waals surface area contributed by atoms with Crippen molar-refractivity contribution < 1.29 is 4.39 Å². The van der Waals surface area contributed by atoms with E-state index in [4.69, 9.17) is 6.42 Å². The lowest BCUT2D eigenvalue weighted by Crippen LogP contribution is -2.18. The normalized spacial score (nSPS) is 35.6. The number of hydrogen-bond acceptors (Lipinski definition) is 0. The van der Waals surface area contributed by atoms with Gasteiger partial charge in [0.1, 0.15) is 6.17 Å². The van der Waals surface area contributed by atoms with Crippen LogP contribution in [0, 0.1) is 24.7 Å². The Labute approximate surface area is 55.5 Å². The summed E-state index contributed by atoms with van der Waals surface area (Å²) >= 11 is 0. The molecule has 0 spiro atoms. The number of halogens is 1. The van der Waals surface area contributed by atoms with Crippen molar-refractivity contribution in [2.75, 3.05) is 0 Å². The van der Waals surface area contributed by atoms with E-state index in [0.717, 1.165) is 12.8 Å². The largest absolute Gasteiger partial charge is 0.246 e. The van der Waals surface area contributed by atoms with E-state index in [-0.39, 0.29) is 5.92 Å². The van der Waals surface area contributed by atoms with Gasteiger partial charge in [-0.15, -0.1) is 12.3 Å². The van der Waals surface area contributed by atoms with Crippen molar-refractivity contribution in [1.29, 1.82) is 0 Å². The molecule has 1 heteroatoms. The average Bonchev–Trinajstić information content (AvgIpc) is 1.89. The first-order valence-electron chi connectivity index (χ1n) is 3.26. The minimum Gasteiger partial charge on any atom is -0.246 e. The molecule has 0 aromatic carbocycles. The van der Waals surface area contributed by atoms with Crippen molar-refractivity contribution in [1.82, 2.24) is 0 Å². The molecule has 2 atom stereocenters. The lowest BCUT2D eigenvalue weighted by Gasteiger charge is -2.20. The van der Waals surface area contributed by atoms with Gasteiger partial charge in [-0.05, 0) is 25.7 Å². The fraction of sp³-hybridized carbons (Fsp3) is 0.625. The maximum absolute atomic E-state index is 12.7. The number of hydrogen-bond donors (Lipinski definition) is 0. The van der Waals surface area contributed by atoms with Gasteiger partial charge in [0.15, 0.2) is 0 Å². The molecule has 1 fully saturated rings. The molecule has 9 heavy (non-hydrogen) atoms. The summed E-state index contributed by atoms with van der Waals surface area (Å²) in [5.41, 5.74) is 0. The van der Waals surface area contributed by atoms with E-state index >= 15 is 0 Å². The number of alkyl halides is 1. The van der Waals surface area contributed by atoms with Gasteiger partial charge in [-0.25, -0.2) is 4.39 Å². The molecule has 49 valence electrons. The Morgan fingerprint density at radius 1 is 1.67 bits per heavy atom. The van der Waals surface area contributed by atoms with Crippen LogP contribution < -0.4 is 0 Å². The van der Waals surface area contributed by atoms with Gasteiger partial charge in [0, 0.05) is 0 Å². The van der Waals surface area contributed by atoms with Gasteiger partial charge in [-0.2, -0.15) is 0 Å². The van der Waals surface area contributed by atoms with Crippen LogP contribution in [0.1, 0.15) is 19.3 Å². The van der Waals surface area contributed by atoms with E-state index in [1.54, 1.807) is 0 Å². The monoisotopic (exact) mass is 125 g/mol. The minimum absolute atomic E-state index is 0.116. The van der Waals surface area contributed by atoms with E-state index in [1.807, 2.05) is 6.42 Å². The van der Waals surface area contributed by atoms with Gasteiger partial charge in [0.25, 0.3) is 0 Å². The molecule has 0 aliphatic heterocycles. The van der Waals surface area contributed by atoms with Crippen molar-refractivity contribution in [2.24, 2.45) is 5.92 Å². The van der Waals surface area contributed by atoms with E-state index in [9.17, 15) is 4.39 Å². The molecule has 0 aromatic heterocycles. The topological polar surface area (TPSA) is 0 Å². The highest BCUT2D eigenvalue weighted by molar-refractivity contribution is 5.01. The highest BCUT2D eigenvalue weighted by Gasteiger charge is 2.22. The molecule has 1 saturated carbocycles. The molecule has 0 bridgehead atoms. The van der Waals surface area contributed by atoms with Crippen molar-refractivity contribution >= 4 is 0 Å². The summed E-state index contributed by atoms with van der Waals surface area (Å²) in [7, 11) is 0. The van der Waals surface area contributed by atoms with Gasteiger partial charge in [-0.3, -0.25) is 0 Å². The van der Waals surface area contributed by atoms with Crippen LogP contribution in [0.3, 0.4) is 0 Å². The molecule has 0 heterocycles. The molecular weight excluding hydrogens is 115 g/mol. The van der Waals surface area contributed by atoms with Gasteiger partial charge in [0.05, 0.1) is 5.92 Å². The zero-order chi connectivity index (χ0) is 6.69. The summed E-state index contributed by atoms with van der Waals surface area (Å²) in [4.78, 5) is 0. The Hall–Kier alpha value is -0.510. The summed E-state index contributed by atoms with van der Waals surface area (Å²) in [6.45, 7) is 0. The van der Waals surface area contributed by atoms with Crippen LogP contribution >= 0.6 is 0 Å². The molecule has 0 amide bonds. The van der Waals surface area contributed by atoms with Crippen molar-refractivity contribution in [3.63, 3.8) is 0 Å². The molecule has 2 unspecified atom stereocenters. The zero-order valence-electron chi connectivity index (χ0n) is 5.31. The lowest BCUT2D eigenvalue weighted by molar-refractivity contribution is 0.233. The smallest absolute Gasteiger partial charge is 0.114 e. The van der Waals surface area contributed by atoms with Crippen LogP contribution in [0.4, 0.5) is 4.39 Å². The summed E-state index contributed by atoms with van der Waals surface area (Å²) in [5.74, 6) is 2.34. The summed E-state index contributed by atoms with van der Waals surface area (Å²) < 4.78 is 12.7. The van der Waals surface area contributed by atoms with Crippen LogP contribution in [-0.4, -0.2) is 6.17 Å². The van der Waals surface area contributed by atoms with Crippen LogP contribution in [0.5, 0.6) is 0 Å². The molecular formula is C8H10F. The van der Waals surface area contributed by atoms with Crippen molar-refractivity contribution in [3.8, 4) is 12.3 Å². The standard InChI is InChI=1S/C8H10F/c1-2-7-5-3-4-6-8(7)9/h1,4,7-8H,3,5-6H2. The molecule has 0 nitrogen and oxygen atoms in total. The number of terminal acetylenes is 1. The first-order chi connectivity index (χ1) is 4.34. The predicted molar refractivity (Wildman–Crippen MR) is 35.4 cm³/mol. The predicted octanol–water partition coefficient (Wildman–Crippen LogP) is 1.96. The fourth-order valence-corrected chi connectivity index (χ4v) is 1.11. The second-order valence-corrected chi connectivity index (χ2v) is 2.39. The summed E-state index contributed by atoms with van der Waals surface area (Å²) in [5, 5.41) is 0. The van der Waals surface area contributed by atoms with Gasteiger partial charge in [0.2, 0.25) is 0 Å². The third-order valence-corrected chi connectivity index (χ3v) is 1.72. The molecule has 1 radical (unpaired) electrons. The second-order valence-electron chi connectivity index (χ2n) is 2.39. The third kappa shape index (κ3) is 1.45. The molecule has 0 saturated heterocycles. The fourth-order valence-electron chi connectivity index (χ4n) is 1.11. The van der Waals surface area contributed by atoms with Crippen molar-refractivity contribution in [3.05, 3.63) is 6.42 Å². The first-order valence-corrected chi connectivity index (χ1v) is 3.26. The van der Waals surface area contributed by atoms with Crippen LogP contribution in [0.2, 0.25) is 0 Å². The summed E-state index contributed by atoms with van der Waals surface area (Å²) in [6.07, 6.45) is 8.65. The van der Waals surface area contributed by atoms with E-state index in [2.05, 4.69) is 5.92 Å². The Morgan fingerprint density at radius 2 is 2.44 bits per heavy atom. The maximum Gasteiger partial charge on any atom is 0.114 e. The average molecular weight is 125 g/mol. The minimum atomic E-state index is -0.774. The van der Waals surface area contributed by atoms with E-state index in [0.29, 0.717) is 6.42 Å². The summed E-state index contributed by atoms with van der Waals surface area (Å²) in [6, 6.07) is 0. The second kappa shape index (κ2) is 2.87. The molecule has 0 aromatic rings. The van der Waals surface area contributed by atoms with Crippen LogP contribution in [-0.2, 0) is 0 Å². The molecule has 1 rings (SSSR count). The highest BCUT2D eigenvalue weighted by Crippen LogP contribution is 2.25. The van der Waals surface area contributed by atoms with E-state index in [1.165, 1.54) is 0 Å². The SMILES string of the molecule is C#CC1CC[CH]CC1F. The molecule has 1 aliphatic carbocycles. The van der Waals surface area contributed by atoms with E-state index < -0.39 is 6.17 Å². The quantitative estimate of drug-likeness (QED) is 0.434. The maximum atomic E-state index is 12.7. The third-order valence-electron chi connectivity index (χ3n) is 1.72. The van der Waals surface area contributed by atoms with Gasteiger partial charge < -0.3 is 0 Å². The number of rotatable bonds is 0. The highest BCUT2D eigenvalue weighted by atomic mass is 19.1. The Morgan fingerprint density at radius 3 is 2.89 bits per heavy atom. The van der Waals surface area contributed by atoms with Crippen LogP contribution in [0.15, 0.2) is 0 Å². The van der Waals surface area contributed by atoms with Gasteiger partial charge in [-0.1, -0.05) is 0 Å². The Balaban J connectivity index is 2.41. The van der Waals surface area contributed by atoms with Gasteiger partial charge >= 0.3 is 0 Å². The molecule has 1 aliphatic rings. The first kappa shape index (κ1) is 6.61. The zero-order valence-corrected chi connectivity index (χ0v) is 5.31. The Bertz CT molecular complexity index is 123. The molecule has 0 N–H and O–H groups in total. The lowest BCUT2D eigenvalue weighted by atomic mass is 9.88. The van der Waals surface area contributed by atoms with Crippen molar-refractivity contribution in [2.45, 2.75) is 25.4 Å². The van der Waals surface area contributed by atoms with Crippen LogP contribution in [0.25, 0.3) is 0 Å².